The fraction of sp³-hybridized carbons (Fsp3) is 0.417. The fourth-order valence-corrected chi connectivity index (χ4v) is 1.28. The van der Waals surface area contributed by atoms with Gasteiger partial charge >= 0.3 is 0 Å². The van der Waals surface area contributed by atoms with Crippen molar-refractivity contribution in [3.8, 4) is 0 Å². The molecule has 1 amide bonds. The Bertz CT molecular complexity index is 516. The number of carbonyl (C=O) groups is 1. The number of benzene rings is 1. The second-order valence-corrected chi connectivity index (χ2v) is 5.00. The average molecular weight is 296 g/mol. The molecule has 0 heterocycles. The van der Waals surface area contributed by atoms with Crippen molar-refractivity contribution in [2.45, 2.75) is 13.8 Å². The Hall–Kier alpha value is -1.70. The molecule has 0 radical (unpaired) electrons. The summed E-state index contributed by atoms with van der Waals surface area (Å²) in [7, 11) is 0. The molecule has 3 N–H and O–H groups in total. The van der Waals surface area contributed by atoms with E-state index in [0.29, 0.717) is 0 Å². The van der Waals surface area contributed by atoms with Gasteiger partial charge in [0.2, 0.25) is 5.82 Å². The summed E-state index contributed by atoms with van der Waals surface area (Å²) in [5.74, 6) is -12.3. The van der Waals surface area contributed by atoms with E-state index in [0.717, 1.165) is 0 Å². The van der Waals surface area contributed by atoms with Gasteiger partial charge in [0.05, 0.1) is 0 Å². The first kappa shape index (κ1) is 16.4. The van der Waals surface area contributed by atoms with Crippen LogP contribution in [0, 0.1) is 34.5 Å². The van der Waals surface area contributed by atoms with Crippen LogP contribution in [0.25, 0.3) is 0 Å². The van der Waals surface area contributed by atoms with Gasteiger partial charge in [-0.1, -0.05) is 13.8 Å². The first-order chi connectivity index (χ1) is 9.12. The van der Waals surface area contributed by atoms with Crippen molar-refractivity contribution in [1.82, 2.24) is 5.32 Å². The first-order valence-corrected chi connectivity index (χ1v) is 5.62. The summed E-state index contributed by atoms with van der Waals surface area (Å²) in [5.41, 5.74) is 3.30. The molecular weight excluding hydrogens is 283 g/mol. The lowest BCUT2D eigenvalue weighted by atomic mass is 9.94. The van der Waals surface area contributed by atoms with E-state index in [1.165, 1.54) is 0 Å². The number of halogens is 5. The molecule has 0 atom stereocenters. The predicted octanol–water partition coefficient (Wildman–Crippen LogP) is 2.10. The summed E-state index contributed by atoms with van der Waals surface area (Å²) in [6.07, 6.45) is 0. The Morgan fingerprint density at radius 1 is 1.00 bits per heavy atom. The molecule has 1 rings (SSSR count). The van der Waals surface area contributed by atoms with Crippen molar-refractivity contribution in [2.75, 3.05) is 13.1 Å². The molecule has 1 aromatic rings. The fourth-order valence-electron chi connectivity index (χ4n) is 1.28. The number of hydrogen-bond donors (Lipinski definition) is 2. The van der Waals surface area contributed by atoms with Gasteiger partial charge < -0.3 is 11.1 Å². The number of nitrogens with one attached hydrogen (secondary N) is 1. The number of rotatable bonds is 4. The largest absolute Gasteiger partial charge is 0.351 e. The molecule has 0 aliphatic heterocycles. The maximum atomic E-state index is 13.3. The van der Waals surface area contributed by atoms with Crippen LogP contribution in [0.3, 0.4) is 0 Å². The van der Waals surface area contributed by atoms with Crippen LogP contribution in [-0.2, 0) is 0 Å². The first-order valence-electron chi connectivity index (χ1n) is 5.62. The Labute approximate surface area is 112 Å². The third-order valence-corrected chi connectivity index (χ3v) is 2.72. The minimum absolute atomic E-state index is 0.0815. The van der Waals surface area contributed by atoms with Gasteiger partial charge in [-0.25, -0.2) is 22.0 Å². The summed E-state index contributed by atoms with van der Waals surface area (Å²) in [6, 6.07) is 0. The average Bonchev–Trinajstić information content (AvgIpc) is 2.41. The summed E-state index contributed by atoms with van der Waals surface area (Å²) in [6.45, 7) is 3.39. The van der Waals surface area contributed by atoms with Gasteiger partial charge in [0.1, 0.15) is 5.56 Å². The highest BCUT2D eigenvalue weighted by molar-refractivity contribution is 5.94. The Kier molecular flexibility index (Phi) is 4.69. The lowest BCUT2D eigenvalue weighted by Gasteiger charge is -2.22. The van der Waals surface area contributed by atoms with E-state index < -0.39 is 46.0 Å². The number of carbonyl (C=O) groups excluding carboxylic acids is 1. The van der Waals surface area contributed by atoms with Crippen molar-refractivity contribution < 1.29 is 26.7 Å². The number of nitrogens with two attached hydrogens (primary N) is 1. The molecule has 0 bridgehead atoms. The topological polar surface area (TPSA) is 55.1 Å². The van der Waals surface area contributed by atoms with Gasteiger partial charge in [0.25, 0.3) is 5.91 Å². The maximum Gasteiger partial charge on any atom is 0.257 e. The van der Waals surface area contributed by atoms with Gasteiger partial charge in [-0.15, -0.1) is 0 Å². The van der Waals surface area contributed by atoms with Crippen molar-refractivity contribution >= 4 is 5.91 Å². The molecule has 1 aromatic carbocycles. The monoisotopic (exact) mass is 296 g/mol. The minimum Gasteiger partial charge on any atom is -0.351 e. The van der Waals surface area contributed by atoms with E-state index in [4.69, 9.17) is 5.73 Å². The van der Waals surface area contributed by atoms with Crippen LogP contribution in [-0.4, -0.2) is 19.0 Å². The maximum absolute atomic E-state index is 13.3. The zero-order valence-electron chi connectivity index (χ0n) is 10.8. The van der Waals surface area contributed by atoms with Gasteiger partial charge in [-0.05, 0) is 12.0 Å². The lowest BCUT2D eigenvalue weighted by molar-refractivity contribution is 0.0926. The summed E-state index contributed by atoms with van der Waals surface area (Å²) < 4.78 is 65.4. The van der Waals surface area contributed by atoms with Crippen LogP contribution < -0.4 is 11.1 Å². The van der Waals surface area contributed by atoms with Crippen molar-refractivity contribution in [2.24, 2.45) is 11.1 Å². The molecule has 0 fully saturated rings. The molecule has 0 saturated heterocycles. The highest BCUT2D eigenvalue weighted by Crippen LogP contribution is 2.23. The molecule has 0 aliphatic carbocycles. The molecule has 20 heavy (non-hydrogen) atoms. The van der Waals surface area contributed by atoms with E-state index in [9.17, 15) is 26.7 Å². The van der Waals surface area contributed by atoms with Crippen LogP contribution in [0.2, 0.25) is 0 Å². The highest BCUT2D eigenvalue weighted by atomic mass is 19.2. The lowest BCUT2D eigenvalue weighted by Crippen LogP contribution is -2.39. The molecule has 0 aromatic heterocycles. The van der Waals surface area contributed by atoms with Crippen LogP contribution in [0.4, 0.5) is 22.0 Å². The Balaban J connectivity index is 3.12. The van der Waals surface area contributed by atoms with E-state index in [2.05, 4.69) is 5.32 Å². The molecular formula is C12H13F5N2O. The minimum atomic E-state index is -2.31. The molecule has 3 nitrogen and oxygen atoms in total. The van der Waals surface area contributed by atoms with Gasteiger partial charge in [-0.2, -0.15) is 0 Å². The second-order valence-electron chi connectivity index (χ2n) is 5.00. The summed E-state index contributed by atoms with van der Waals surface area (Å²) >= 11 is 0. The zero-order valence-corrected chi connectivity index (χ0v) is 10.8. The molecule has 8 heteroatoms. The molecule has 0 unspecified atom stereocenters. The zero-order chi connectivity index (χ0) is 15.7. The third-order valence-electron chi connectivity index (χ3n) is 2.72. The summed E-state index contributed by atoms with van der Waals surface area (Å²) in [4.78, 5) is 11.6. The molecule has 0 saturated carbocycles. The smallest absolute Gasteiger partial charge is 0.257 e. The Morgan fingerprint density at radius 2 is 1.40 bits per heavy atom. The van der Waals surface area contributed by atoms with E-state index in [-0.39, 0.29) is 13.1 Å². The van der Waals surface area contributed by atoms with E-state index in [1.807, 2.05) is 0 Å². The van der Waals surface area contributed by atoms with Crippen LogP contribution in [0.1, 0.15) is 24.2 Å². The van der Waals surface area contributed by atoms with Crippen LogP contribution in [0.15, 0.2) is 0 Å². The molecule has 0 aliphatic rings. The highest BCUT2D eigenvalue weighted by Gasteiger charge is 2.30. The molecule has 112 valence electrons. The SMILES string of the molecule is CC(C)(CN)CNC(=O)c1c(F)c(F)c(F)c(F)c1F. The van der Waals surface area contributed by atoms with Crippen molar-refractivity contribution in [3.63, 3.8) is 0 Å². The number of hydrogen-bond acceptors (Lipinski definition) is 2. The predicted molar refractivity (Wildman–Crippen MR) is 61.4 cm³/mol. The van der Waals surface area contributed by atoms with Crippen LogP contribution in [0.5, 0.6) is 0 Å². The Morgan fingerprint density at radius 3 is 1.80 bits per heavy atom. The second kappa shape index (κ2) is 5.74. The van der Waals surface area contributed by atoms with E-state index in [1.54, 1.807) is 13.8 Å². The normalized spacial score (nSPS) is 11.6. The van der Waals surface area contributed by atoms with E-state index >= 15 is 0 Å². The standard InChI is InChI=1S/C12H13F5N2O/c1-12(2,3-18)4-19-11(20)5-6(13)8(15)10(17)9(16)7(5)14/h3-4,18H2,1-2H3,(H,19,20). The summed E-state index contributed by atoms with van der Waals surface area (Å²) in [5, 5.41) is 2.09. The van der Waals surface area contributed by atoms with Gasteiger partial charge in [0, 0.05) is 6.54 Å². The number of amides is 1. The third kappa shape index (κ3) is 3.06. The quantitative estimate of drug-likeness (QED) is 0.508. The van der Waals surface area contributed by atoms with Crippen molar-refractivity contribution in [1.29, 1.82) is 0 Å². The molecule has 0 spiro atoms. The van der Waals surface area contributed by atoms with Crippen LogP contribution >= 0.6 is 0 Å². The van der Waals surface area contributed by atoms with Gasteiger partial charge in [0.15, 0.2) is 23.3 Å². The van der Waals surface area contributed by atoms with Gasteiger partial charge in [-0.3, -0.25) is 4.79 Å². The van der Waals surface area contributed by atoms with Crippen molar-refractivity contribution in [3.05, 3.63) is 34.6 Å².